The number of hydrogen-bond acceptors (Lipinski definition) is 3. The van der Waals surface area contributed by atoms with Gasteiger partial charge in [-0.1, -0.05) is 18.2 Å². The smallest absolute Gasteiger partial charge is 0.169 e. The molecule has 18 heavy (non-hydrogen) atoms. The van der Waals surface area contributed by atoms with Gasteiger partial charge in [0.25, 0.3) is 0 Å². The summed E-state index contributed by atoms with van der Waals surface area (Å²) in [7, 11) is 0. The van der Waals surface area contributed by atoms with Crippen LogP contribution in [0.25, 0.3) is 10.8 Å². The molecule has 3 nitrogen and oxygen atoms in total. The molecule has 0 bridgehead atoms. The SMILES string of the molecule is OC(c1ccc(Br)o1)c1cccc2ccncc12. The predicted molar refractivity (Wildman–Crippen MR) is 72.2 cm³/mol. The Kier molecular flexibility index (Phi) is 2.89. The normalized spacial score (nSPS) is 12.8. The fourth-order valence-corrected chi connectivity index (χ4v) is 2.32. The first-order valence-electron chi connectivity index (χ1n) is 5.51. The van der Waals surface area contributed by atoms with Gasteiger partial charge in [0.15, 0.2) is 4.67 Å². The second kappa shape index (κ2) is 4.55. The van der Waals surface area contributed by atoms with E-state index in [2.05, 4.69) is 20.9 Å². The van der Waals surface area contributed by atoms with E-state index in [9.17, 15) is 5.11 Å². The Hall–Kier alpha value is -1.65. The summed E-state index contributed by atoms with van der Waals surface area (Å²) >= 11 is 3.23. The van der Waals surface area contributed by atoms with Crippen molar-refractivity contribution >= 4 is 26.7 Å². The third-order valence-corrected chi connectivity index (χ3v) is 3.30. The van der Waals surface area contributed by atoms with Gasteiger partial charge in [0, 0.05) is 17.8 Å². The van der Waals surface area contributed by atoms with Crippen LogP contribution < -0.4 is 0 Å². The van der Waals surface area contributed by atoms with E-state index in [1.807, 2.05) is 24.3 Å². The van der Waals surface area contributed by atoms with E-state index in [4.69, 9.17) is 4.42 Å². The number of benzene rings is 1. The molecule has 1 unspecified atom stereocenters. The van der Waals surface area contributed by atoms with Crippen molar-refractivity contribution in [2.24, 2.45) is 0 Å². The van der Waals surface area contributed by atoms with Crippen LogP contribution in [-0.4, -0.2) is 10.1 Å². The Morgan fingerprint density at radius 2 is 2.06 bits per heavy atom. The van der Waals surface area contributed by atoms with Crippen LogP contribution in [0.3, 0.4) is 0 Å². The standard InChI is InChI=1S/C14H10BrNO2/c15-13-5-4-12(18-13)14(17)10-3-1-2-9-6-7-16-8-11(9)10/h1-8,14,17H. The summed E-state index contributed by atoms with van der Waals surface area (Å²) in [6, 6.07) is 11.2. The third kappa shape index (κ3) is 1.94. The van der Waals surface area contributed by atoms with Gasteiger partial charge in [-0.15, -0.1) is 0 Å². The molecular formula is C14H10BrNO2. The summed E-state index contributed by atoms with van der Waals surface area (Å²) in [6.45, 7) is 0. The van der Waals surface area contributed by atoms with E-state index < -0.39 is 6.10 Å². The van der Waals surface area contributed by atoms with Crippen LogP contribution in [0.15, 0.2) is 57.9 Å². The highest BCUT2D eigenvalue weighted by Crippen LogP contribution is 2.30. The minimum absolute atomic E-state index is 0.512. The Labute approximate surface area is 112 Å². The monoisotopic (exact) mass is 303 g/mol. The Bertz CT molecular complexity index is 688. The lowest BCUT2D eigenvalue weighted by Crippen LogP contribution is -1.99. The van der Waals surface area contributed by atoms with E-state index in [0.717, 1.165) is 16.3 Å². The zero-order chi connectivity index (χ0) is 12.5. The maximum Gasteiger partial charge on any atom is 0.169 e. The number of hydrogen-bond donors (Lipinski definition) is 1. The zero-order valence-electron chi connectivity index (χ0n) is 9.38. The first kappa shape index (κ1) is 11.4. The van der Waals surface area contributed by atoms with Crippen LogP contribution in [0, 0.1) is 0 Å². The van der Waals surface area contributed by atoms with E-state index in [1.165, 1.54) is 0 Å². The van der Waals surface area contributed by atoms with Crippen LogP contribution in [0.5, 0.6) is 0 Å². The van der Waals surface area contributed by atoms with Crippen LogP contribution in [-0.2, 0) is 0 Å². The summed E-state index contributed by atoms with van der Waals surface area (Å²) in [6.07, 6.45) is 2.71. The largest absolute Gasteiger partial charge is 0.451 e. The number of fused-ring (bicyclic) bond motifs is 1. The minimum Gasteiger partial charge on any atom is -0.451 e. The fraction of sp³-hybridized carbons (Fsp3) is 0.0714. The molecule has 90 valence electrons. The van der Waals surface area contributed by atoms with Crippen molar-refractivity contribution < 1.29 is 9.52 Å². The Balaban J connectivity index is 2.14. The first-order valence-corrected chi connectivity index (χ1v) is 6.31. The van der Waals surface area contributed by atoms with Gasteiger partial charge in [-0.3, -0.25) is 4.98 Å². The molecule has 0 fully saturated rings. The lowest BCUT2D eigenvalue weighted by molar-refractivity contribution is 0.189. The van der Waals surface area contributed by atoms with Crippen LogP contribution in [0.1, 0.15) is 17.4 Å². The molecule has 0 aliphatic rings. The highest BCUT2D eigenvalue weighted by atomic mass is 79.9. The maximum atomic E-state index is 10.4. The van der Waals surface area contributed by atoms with Gasteiger partial charge in [-0.25, -0.2) is 0 Å². The van der Waals surface area contributed by atoms with Gasteiger partial charge in [0.05, 0.1) is 0 Å². The Morgan fingerprint density at radius 3 is 2.83 bits per heavy atom. The van der Waals surface area contributed by atoms with Crippen LogP contribution in [0.2, 0.25) is 0 Å². The fourth-order valence-electron chi connectivity index (χ4n) is 2.00. The molecule has 0 aliphatic heterocycles. The number of aromatic nitrogens is 1. The molecule has 0 spiro atoms. The molecule has 1 atom stereocenters. The lowest BCUT2D eigenvalue weighted by Gasteiger charge is -2.11. The van der Waals surface area contributed by atoms with Crippen molar-refractivity contribution in [1.82, 2.24) is 4.98 Å². The summed E-state index contributed by atoms with van der Waals surface area (Å²) in [5.74, 6) is 0.512. The average molecular weight is 304 g/mol. The number of pyridine rings is 1. The zero-order valence-corrected chi connectivity index (χ0v) is 11.0. The summed E-state index contributed by atoms with van der Waals surface area (Å²) in [4.78, 5) is 4.10. The van der Waals surface area contributed by atoms with E-state index in [0.29, 0.717) is 10.4 Å². The summed E-state index contributed by atoms with van der Waals surface area (Å²) in [5, 5.41) is 12.3. The number of nitrogens with zero attached hydrogens (tertiary/aromatic N) is 1. The predicted octanol–water partition coefficient (Wildman–Crippen LogP) is 3.67. The molecule has 0 amide bonds. The number of aliphatic hydroxyl groups excluding tert-OH is 1. The highest BCUT2D eigenvalue weighted by molar-refractivity contribution is 9.10. The number of aliphatic hydroxyl groups is 1. The van der Waals surface area contributed by atoms with Gasteiger partial charge in [-0.05, 0) is 45.1 Å². The minimum atomic E-state index is -0.788. The average Bonchev–Trinajstić information content (AvgIpc) is 2.84. The van der Waals surface area contributed by atoms with Gasteiger partial charge in [-0.2, -0.15) is 0 Å². The number of rotatable bonds is 2. The molecule has 0 saturated heterocycles. The van der Waals surface area contributed by atoms with Gasteiger partial charge in [0.2, 0.25) is 0 Å². The highest BCUT2D eigenvalue weighted by Gasteiger charge is 2.16. The molecule has 4 heteroatoms. The molecule has 3 aromatic rings. The second-order valence-corrected chi connectivity index (χ2v) is 4.77. The van der Waals surface area contributed by atoms with Crippen LogP contribution in [0.4, 0.5) is 0 Å². The van der Waals surface area contributed by atoms with Crippen molar-refractivity contribution in [2.75, 3.05) is 0 Å². The van der Waals surface area contributed by atoms with Crippen molar-refractivity contribution in [1.29, 1.82) is 0 Å². The maximum absolute atomic E-state index is 10.4. The Morgan fingerprint density at radius 1 is 1.17 bits per heavy atom. The van der Waals surface area contributed by atoms with E-state index in [1.54, 1.807) is 24.5 Å². The lowest BCUT2D eigenvalue weighted by atomic mass is 10.0. The summed E-state index contributed by atoms with van der Waals surface area (Å²) < 4.78 is 6.00. The van der Waals surface area contributed by atoms with Crippen LogP contribution >= 0.6 is 15.9 Å². The second-order valence-electron chi connectivity index (χ2n) is 3.99. The van der Waals surface area contributed by atoms with Crippen molar-refractivity contribution in [3.05, 3.63) is 64.8 Å². The van der Waals surface area contributed by atoms with Gasteiger partial charge < -0.3 is 9.52 Å². The number of halogens is 1. The van der Waals surface area contributed by atoms with Crippen molar-refractivity contribution in [2.45, 2.75) is 6.10 Å². The molecule has 0 aliphatic carbocycles. The quantitative estimate of drug-likeness (QED) is 0.785. The van der Waals surface area contributed by atoms with E-state index >= 15 is 0 Å². The first-order chi connectivity index (χ1) is 8.75. The molecule has 2 aromatic heterocycles. The molecule has 3 rings (SSSR count). The number of furan rings is 1. The van der Waals surface area contributed by atoms with Gasteiger partial charge >= 0.3 is 0 Å². The molecule has 0 radical (unpaired) electrons. The molecule has 1 aromatic carbocycles. The third-order valence-electron chi connectivity index (χ3n) is 2.88. The molecular weight excluding hydrogens is 294 g/mol. The molecule has 2 heterocycles. The van der Waals surface area contributed by atoms with Crippen molar-refractivity contribution in [3.8, 4) is 0 Å². The van der Waals surface area contributed by atoms with Crippen molar-refractivity contribution in [3.63, 3.8) is 0 Å². The topological polar surface area (TPSA) is 46.3 Å². The summed E-state index contributed by atoms with van der Waals surface area (Å²) in [5.41, 5.74) is 0.794. The molecule has 1 N–H and O–H groups in total. The van der Waals surface area contributed by atoms with Gasteiger partial charge in [0.1, 0.15) is 11.9 Å². The molecule has 0 saturated carbocycles. The van der Waals surface area contributed by atoms with E-state index in [-0.39, 0.29) is 0 Å².